The van der Waals surface area contributed by atoms with Crippen molar-refractivity contribution in [3.63, 3.8) is 0 Å². The molecule has 0 bridgehead atoms. The van der Waals surface area contributed by atoms with E-state index in [9.17, 15) is 9.18 Å². The summed E-state index contributed by atoms with van der Waals surface area (Å²) in [6, 6.07) is 8.18. The van der Waals surface area contributed by atoms with Gasteiger partial charge in [0.05, 0.1) is 10.7 Å². The maximum Gasteiger partial charge on any atom is 0.176 e. The van der Waals surface area contributed by atoms with Crippen LogP contribution in [0.15, 0.2) is 36.5 Å². The molecule has 0 fully saturated rings. The molecule has 0 saturated carbocycles. The van der Waals surface area contributed by atoms with Gasteiger partial charge in [-0.05, 0) is 23.8 Å². The van der Waals surface area contributed by atoms with Crippen molar-refractivity contribution in [1.29, 1.82) is 0 Å². The molecule has 1 aromatic heterocycles. The minimum Gasteiger partial charge on any atom is -0.341 e. The van der Waals surface area contributed by atoms with E-state index in [-0.39, 0.29) is 10.8 Å². The summed E-state index contributed by atoms with van der Waals surface area (Å²) in [6.45, 7) is 1.89. The van der Waals surface area contributed by atoms with Crippen molar-refractivity contribution in [3.05, 3.63) is 58.6 Å². The second-order valence-electron chi connectivity index (χ2n) is 3.79. The van der Waals surface area contributed by atoms with Crippen LogP contribution in [0.4, 0.5) is 4.39 Å². The highest BCUT2D eigenvalue weighted by atomic mass is 35.5. The number of carbonyl (C=O) groups is 1. The molecule has 0 atom stereocenters. The predicted octanol–water partition coefficient (Wildman–Crippen LogP) is 3.53. The fraction of sp³-hybridized carbons (Fsp3) is 0.154. The van der Waals surface area contributed by atoms with E-state index in [1.165, 1.54) is 13.0 Å². The lowest BCUT2D eigenvalue weighted by Crippen LogP contribution is -2.07. The molecule has 2 rings (SSSR count). The van der Waals surface area contributed by atoms with Gasteiger partial charge in [0.25, 0.3) is 0 Å². The smallest absolute Gasteiger partial charge is 0.176 e. The van der Waals surface area contributed by atoms with E-state index >= 15 is 0 Å². The third-order valence-electron chi connectivity index (χ3n) is 2.56. The Bertz CT molecular complexity index is 562. The van der Waals surface area contributed by atoms with E-state index in [4.69, 9.17) is 11.6 Å². The molecule has 0 aliphatic carbocycles. The standard InChI is InChI=1S/C13H11ClFNO/c1-9(17)12-6-3-7-16(12)8-10-4-2-5-11(15)13(10)14/h2-7H,8H2,1H3. The van der Waals surface area contributed by atoms with Crippen molar-refractivity contribution >= 4 is 17.4 Å². The minimum atomic E-state index is -0.444. The number of ketones is 1. The molecule has 1 aromatic carbocycles. The molecule has 17 heavy (non-hydrogen) atoms. The first kappa shape index (κ1) is 11.9. The number of hydrogen-bond acceptors (Lipinski definition) is 1. The van der Waals surface area contributed by atoms with Crippen LogP contribution in [0.25, 0.3) is 0 Å². The van der Waals surface area contributed by atoms with Gasteiger partial charge in [0.1, 0.15) is 5.82 Å². The van der Waals surface area contributed by atoms with Crippen LogP contribution in [-0.2, 0) is 6.54 Å². The Morgan fingerprint density at radius 3 is 2.82 bits per heavy atom. The Morgan fingerprint density at radius 2 is 2.12 bits per heavy atom. The maximum absolute atomic E-state index is 13.3. The molecule has 0 unspecified atom stereocenters. The molecule has 0 amide bonds. The third kappa shape index (κ3) is 2.39. The van der Waals surface area contributed by atoms with Gasteiger partial charge in [-0.1, -0.05) is 23.7 Å². The van der Waals surface area contributed by atoms with E-state index in [2.05, 4.69) is 0 Å². The molecule has 0 radical (unpaired) electrons. The van der Waals surface area contributed by atoms with Gasteiger partial charge in [-0.25, -0.2) is 4.39 Å². The highest BCUT2D eigenvalue weighted by molar-refractivity contribution is 6.31. The van der Waals surface area contributed by atoms with Crippen LogP contribution in [0.5, 0.6) is 0 Å². The first-order valence-corrected chi connectivity index (χ1v) is 5.56. The molecule has 4 heteroatoms. The van der Waals surface area contributed by atoms with Crippen molar-refractivity contribution in [3.8, 4) is 0 Å². The highest BCUT2D eigenvalue weighted by Gasteiger charge is 2.09. The zero-order chi connectivity index (χ0) is 12.4. The average Bonchev–Trinajstić information content (AvgIpc) is 2.73. The van der Waals surface area contributed by atoms with Crippen LogP contribution in [0.1, 0.15) is 23.0 Å². The fourth-order valence-corrected chi connectivity index (χ4v) is 1.91. The Kier molecular flexibility index (Phi) is 3.29. The molecule has 2 aromatic rings. The van der Waals surface area contributed by atoms with Crippen molar-refractivity contribution in [2.75, 3.05) is 0 Å². The maximum atomic E-state index is 13.3. The van der Waals surface area contributed by atoms with Gasteiger partial charge in [0.15, 0.2) is 5.78 Å². The quantitative estimate of drug-likeness (QED) is 0.765. The van der Waals surface area contributed by atoms with Crippen LogP contribution >= 0.6 is 11.6 Å². The third-order valence-corrected chi connectivity index (χ3v) is 2.99. The molecule has 0 N–H and O–H groups in total. The van der Waals surface area contributed by atoms with Gasteiger partial charge in [0.2, 0.25) is 0 Å². The summed E-state index contributed by atoms with van der Waals surface area (Å²) in [5.74, 6) is -0.469. The Balaban J connectivity index is 2.35. The largest absolute Gasteiger partial charge is 0.341 e. The van der Waals surface area contributed by atoms with Crippen molar-refractivity contribution in [1.82, 2.24) is 4.57 Å². The number of benzene rings is 1. The molecule has 1 heterocycles. The summed E-state index contributed by atoms with van der Waals surface area (Å²) in [5, 5.41) is 0.107. The average molecular weight is 252 g/mol. The molecular formula is C13H11ClFNO. The predicted molar refractivity (Wildman–Crippen MR) is 64.9 cm³/mol. The summed E-state index contributed by atoms with van der Waals surface area (Å²) >= 11 is 5.87. The first-order valence-electron chi connectivity index (χ1n) is 5.18. The van der Waals surface area contributed by atoms with Gasteiger partial charge in [-0.3, -0.25) is 4.79 Å². The number of Topliss-reactive ketones (excluding diaryl/α,β-unsaturated/α-hetero) is 1. The number of aromatic nitrogens is 1. The van der Waals surface area contributed by atoms with E-state index in [1.54, 1.807) is 35.0 Å². The van der Waals surface area contributed by atoms with Crippen molar-refractivity contribution in [2.24, 2.45) is 0 Å². The van der Waals surface area contributed by atoms with Gasteiger partial charge in [-0.15, -0.1) is 0 Å². The second kappa shape index (κ2) is 4.72. The molecule has 0 spiro atoms. The fourth-order valence-electron chi connectivity index (χ4n) is 1.73. The van der Waals surface area contributed by atoms with Crippen molar-refractivity contribution in [2.45, 2.75) is 13.5 Å². The normalized spacial score (nSPS) is 10.5. The second-order valence-corrected chi connectivity index (χ2v) is 4.17. The molecule has 0 aliphatic rings. The zero-order valence-corrected chi connectivity index (χ0v) is 10.0. The van der Waals surface area contributed by atoms with Crippen LogP contribution < -0.4 is 0 Å². The number of carbonyl (C=O) groups excluding carboxylic acids is 1. The van der Waals surface area contributed by atoms with Crippen LogP contribution in [0.3, 0.4) is 0 Å². The van der Waals surface area contributed by atoms with Gasteiger partial charge < -0.3 is 4.57 Å². The minimum absolute atomic E-state index is 0.0254. The van der Waals surface area contributed by atoms with Crippen LogP contribution in [0.2, 0.25) is 5.02 Å². The first-order chi connectivity index (χ1) is 8.09. The monoisotopic (exact) mass is 251 g/mol. The summed E-state index contributed by atoms with van der Waals surface area (Å²) in [4.78, 5) is 11.3. The lowest BCUT2D eigenvalue weighted by molar-refractivity contribution is 0.100. The van der Waals surface area contributed by atoms with Gasteiger partial charge in [-0.2, -0.15) is 0 Å². The van der Waals surface area contributed by atoms with E-state index < -0.39 is 5.82 Å². The summed E-state index contributed by atoms with van der Waals surface area (Å²) in [7, 11) is 0. The molecule has 0 saturated heterocycles. The SMILES string of the molecule is CC(=O)c1cccn1Cc1cccc(F)c1Cl. The number of halogens is 2. The van der Waals surface area contributed by atoms with Gasteiger partial charge >= 0.3 is 0 Å². The summed E-state index contributed by atoms with van der Waals surface area (Å²) < 4.78 is 15.0. The van der Waals surface area contributed by atoms with E-state index in [1.807, 2.05) is 0 Å². The molecule has 88 valence electrons. The lowest BCUT2D eigenvalue weighted by atomic mass is 10.2. The number of rotatable bonds is 3. The number of hydrogen-bond donors (Lipinski definition) is 0. The van der Waals surface area contributed by atoms with E-state index in [0.29, 0.717) is 17.8 Å². The zero-order valence-electron chi connectivity index (χ0n) is 9.28. The lowest BCUT2D eigenvalue weighted by Gasteiger charge is -2.09. The summed E-state index contributed by atoms with van der Waals surface area (Å²) in [5.41, 5.74) is 1.25. The van der Waals surface area contributed by atoms with E-state index in [0.717, 1.165) is 0 Å². The Morgan fingerprint density at radius 1 is 1.35 bits per heavy atom. The number of nitrogens with zero attached hydrogens (tertiary/aromatic N) is 1. The topological polar surface area (TPSA) is 22.0 Å². The Labute approximate surface area is 104 Å². The van der Waals surface area contributed by atoms with Crippen LogP contribution in [-0.4, -0.2) is 10.4 Å². The Hall–Kier alpha value is -1.61. The van der Waals surface area contributed by atoms with Gasteiger partial charge in [0, 0.05) is 19.7 Å². The molecule has 2 nitrogen and oxygen atoms in total. The highest BCUT2D eigenvalue weighted by Crippen LogP contribution is 2.21. The molecular weight excluding hydrogens is 241 g/mol. The molecule has 0 aliphatic heterocycles. The van der Waals surface area contributed by atoms with Crippen molar-refractivity contribution < 1.29 is 9.18 Å². The van der Waals surface area contributed by atoms with Crippen LogP contribution in [0, 0.1) is 5.82 Å². The summed E-state index contributed by atoms with van der Waals surface area (Å²) in [6.07, 6.45) is 1.78.